The van der Waals surface area contributed by atoms with Crippen molar-refractivity contribution in [3.63, 3.8) is 0 Å². The van der Waals surface area contributed by atoms with E-state index in [9.17, 15) is 13.6 Å². The molecule has 0 atom stereocenters. The van der Waals surface area contributed by atoms with Crippen LogP contribution in [0.2, 0.25) is 0 Å². The van der Waals surface area contributed by atoms with Crippen molar-refractivity contribution in [1.29, 1.82) is 0 Å². The van der Waals surface area contributed by atoms with Crippen LogP contribution >= 0.6 is 0 Å². The average molecular weight is 362 g/mol. The fourth-order valence-electron chi connectivity index (χ4n) is 3.89. The van der Waals surface area contributed by atoms with E-state index in [1.807, 2.05) is 29.2 Å². The van der Waals surface area contributed by atoms with E-state index in [0.717, 1.165) is 55.4 Å². The lowest BCUT2D eigenvalue weighted by Crippen LogP contribution is -2.45. The molecule has 1 aliphatic heterocycles. The summed E-state index contributed by atoms with van der Waals surface area (Å²) in [5.74, 6) is 1.29. The second-order valence-corrected chi connectivity index (χ2v) is 7.32. The van der Waals surface area contributed by atoms with E-state index < -0.39 is 6.43 Å². The van der Waals surface area contributed by atoms with Crippen LogP contribution in [0.25, 0.3) is 10.9 Å². The number of carbonyl (C=O) groups is 1. The zero-order valence-electron chi connectivity index (χ0n) is 14.7. The Hall–Kier alpha value is -2.11. The predicted octanol–water partition coefficient (Wildman–Crippen LogP) is 4.08. The second kappa shape index (κ2) is 7.25. The fourth-order valence-corrected chi connectivity index (χ4v) is 3.89. The minimum Gasteiger partial charge on any atom is -0.490 e. The van der Waals surface area contributed by atoms with Crippen LogP contribution in [0.4, 0.5) is 8.78 Å². The van der Waals surface area contributed by atoms with Gasteiger partial charge in [0, 0.05) is 43.4 Å². The van der Waals surface area contributed by atoms with Gasteiger partial charge in [-0.3, -0.25) is 4.79 Å². The molecule has 4 nitrogen and oxygen atoms in total. The van der Waals surface area contributed by atoms with Crippen molar-refractivity contribution in [2.24, 2.45) is 5.92 Å². The molecular weight excluding hydrogens is 338 g/mol. The number of benzene rings is 1. The molecule has 1 aromatic carbocycles. The highest BCUT2D eigenvalue weighted by Crippen LogP contribution is 2.31. The molecule has 2 aliphatic rings. The minimum absolute atomic E-state index is 0.0597. The lowest BCUT2D eigenvalue weighted by atomic mass is 9.84. The largest absolute Gasteiger partial charge is 0.490 e. The minimum atomic E-state index is -2.38. The zero-order valence-corrected chi connectivity index (χ0v) is 14.7. The van der Waals surface area contributed by atoms with Gasteiger partial charge < -0.3 is 14.2 Å². The number of amides is 1. The predicted molar refractivity (Wildman–Crippen MR) is 95.5 cm³/mol. The molecule has 26 heavy (non-hydrogen) atoms. The summed E-state index contributed by atoms with van der Waals surface area (Å²) in [6.45, 7) is 1.17. The number of likely N-dealkylation sites (tertiary alicyclic amines) is 1. The van der Waals surface area contributed by atoms with E-state index in [2.05, 4.69) is 0 Å². The molecule has 0 radical (unpaired) electrons. The van der Waals surface area contributed by atoms with Gasteiger partial charge in [0.2, 0.25) is 5.91 Å². The van der Waals surface area contributed by atoms with E-state index in [1.165, 1.54) is 6.42 Å². The number of fused-ring (bicyclic) bond motifs is 1. The number of carbonyl (C=O) groups excluding carboxylic acids is 1. The van der Waals surface area contributed by atoms with Crippen LogP contribution in [0, 0.1) is 5.92 Å². The normalized spacial score (nSPS) is 19.1. The molecule has 1 amide bonds. The summed E-state index contributed by atoms with van der Waals surface area (Å²) in [5, 5.41) is 0.862. The van der Waals surface area contributed by atoms with Gasteiger partial charge in [-0.25, -0.2) is 8.78 Å². The van der Waals surface area contributed by atoms with Crippen molar-refractivity contribution in [3.05, 3.63) is 30.5 Å². The summed E-state index contributed by atoms with van der Waals surface area (Å²) in [6, 6.07) is 7.41. The van der Waals surface area contributed by atoms with Crippen LogP contribution in [0.3, 0.4) is 0 Å². The van der Waals surface area contributed by atoms with Gasteiger partial charge in [-0.15, -0.1) is 0 Å². The quantitative estimate of drug-likeness (QED) is 0.803. The Morgan fingerprint density at radius 2 is 1.92 bits per heavy atom. The third-order valence-corrected chi connectivity index (χ3v) is 5.61. The summed E-state index contributed by atoms with van der Waals surface area (Å²) in [4.78, 5) is 14.3. The highest BCUT2D eigenvalue weighted by Gasteiger charge is 2.32. The fraction of sp³-hybridized carbons (Fsp3) is 0.550. The van der Waals surface area contributed by atoms with Gasteiger partial charge in [0.1, 0.15) is 11.9 Å². The van der Waals surface area contributed by atoms with Crippen molar-refractivity contribution in [2.45, 2.75) is 51.2 Å². The molecule has 1 aliphatic carbocycles. The SMILES string of the molecule is O=C(C1CCC1)N1CCC(Oc2cccc3c2ccn3CC(F)F)CC1. The summed E-state index contributed by atoms with van der Waals surface area (Å²) in [7, 11) is 0. The first-order valence-electron chi connectivity index (χ1n) is 9.43. The second-order valence-electron chi connectivity index (χ2n) is 7.32. The van der Waals surface area contributed by atoms with Gasteiger partial charge in [0.25, 0.3) is 6.43 Å². The molecule has 0 unspecified atom stereocenters. The van der Waals surface area contributed by atoms with Crippen LogP contribution in [0.15, 0.2) is 30.5 Å². The highest BCUT2D eigenvalue weighted by atomic mass is 19.3. The van der Waals surface area contributed by atoms with Crippen LogP contribution in [-0.4, -0.2) is 41.0 Å². The Labute approximate surface area is 151 Å². The summed E-state index contributed by atoms with van der Waals surface area (Å²) >= 11 is 0. The van der Waals surface area contributed by atoms with Gasteiger partial charge in [0.05, 0.1) is 12.1 Å². The molecule has 1 aromatic heterocycles. The first-order valence-corrected chi connectivity index (χ1v) is 9.43. The number of piperidine rings is 1. The lowest BCUT2D eigenvalue weighted by Gasteiger charge is -2.36. The topological polar surface area (TPSA) is 34.5 Å². The van der Waals surface area contributed by atoms with Crippen molar-refractivity contribution >= 4 is 16.8 Å². The van der Waals surface area contributed by atoms with Gasteiger partial charge in [0.15, 0.2) is 0 Å². The number of hydrogen-bond acceptors (Lipinski definition) is 2. The highest BCUT2D eigenvalue weighted by molar-refractivity contribution is 5.86. The molecule has 2 heterocycles. The molecule has 6 heteroatoms. The Morgan fingerprint density at radius 1 is 1.15 bits per heavy atom. The smallest absolute Gasteiger partial charge is 0.256 e. The van der Waals surface area contributed by atoms with E-state index in [-0.39, 0.29) is 18.6 Å². The number of rotatable bonds is 5. The Bertz CT molecular complexity index is 777. The summed E-state index contributed by atoms with van der Waals surface area (Å²) in [5.41, 5.74) is 0.764. The van der Waals surface area contributed by atoms with Crippen LogP contribution in [0.1, 0.15) is 32.1 Å². The zero-order chi connectivity index (χ0) is 18.1. The van der Waals surface area contributed by atoms with Gasteiger partial charge >= 0.3 is 0 Å². The number of hydrogen-bond donors (Lipinski definition) is 0. The van der Waals surface area contributed by atoms with E-state index in [4.69, 9.17) is 4.74 Å². The van der Waals surface area contributed by atoms with Crippen LogP contribution in [0.5, 0.6) is 5.75 Å². The molecule has 0 bridgehead atoms. The Morgan fingerprint density at radius 3 is 2.58 bits per heavy atom. The first kappa shape index (κ1) is 17.3. The monoisotopic (exact) mass is 362 g/mol. The van der Waals surface area contributed by atoms with Crippen LogP contribution in [-0.2, 0) is 11.3 Å². The molecule has 4 rings (SSSR count). The third-order valence-electron chi connectivity index (χ3n) is 5.61. The van der Waals surface area contributed by atoms with Crippen molar-refractivity contribution in [1.82, 2.24) is 9.47 Å². The van der Waals surface area contributed by atoms with Crippen molar-refractivity contribution in [3.8, 4) is 5.75 Å². The van der Waals surface area contributed by atoms with Gasteiger partial charge in [-0.1, -0.05) is 12.5 Å². The summed E-state index contributed by atoms with van der Waals surface area (Å²) in [6.07, 6.45) is 4.23. The van der Waals surface area contributed by atoms with E-state index in [0.29, 0.717) is 5.91 Å². The lowest BCUT2D eigenvalue weighted by molar-refractivity contribution is -0.140. The average Bonchev–Trinajstić information content (AvgIpc) is 2.97. The molecular formula is C20H24F2N2O2. The number of nitrogens with zero attached hydrogens (tertiary/aromatic N) is 2. The standard InChI is InChI=1S/C20H24F2N2O2/c21-19(22)13-24-12-9-16-17(24)5-2-6-18(16)26-15-7-10-23(11-8-15)20(25)14-3-1-4-14/h2,5-6,9,12,14-15,19H,1,3-4,7-8,10-11,13H2. The maximum absolute atomic E-state index is 12.7. The van der Waals surface area contributed by atoms with E-state index >= 15 is 0 Å². The molecule has 1 saturated heterocycles. The van der Waals surface area contributed by atoms with Crippen molar-refractivity contribution < 1.29 is 18.3 Å². The molecule has 1 saturated carbocycles. The van der Waals surface area contributed by atoms with Gasteiger partial charge in [-0.2, -0.15) is 0 Å². The molecule has 140 valence electrons. The first-order chi connectivity index (χ1) is 12.6. The maximum Gasteiger partial charge on any atom is 0.256 e. The van der Waals surface area contributed by atoms with Crippen LogP contribution < -0.4 is 4.74 Å². The number of halogens is 2. The Kier molecular flexibility index (Phi) is 4.83. The van der Waals surface area contributed by atoms with Crippen molar-refractivity contribution in [2.75, 3.05) is 13.1 Å². The maximum atomic E-state index is 12.7. The molecule has 0 spiro atoms. The number of alkyl halides is 2. The Balaban J connectivity index is 1.40. The molecule has 0 N–H and O–H groups in total. The van der Waals surface area contributed by atoms with E-state index in [1.54, 1.807) is 10.8 Å². The third kappa shape index (κ3) is 3.41. The number of aromatic nitrogens is 1. The molecule has 2 fully saturated rings. The summed E-state index contributed by atoms with van der Waals surface area (Å²) < 4.78 is 33.1. The molecule has 2 aromatic rings. The van der Waals surface area contributed by atoms with Gasteiger partial charge in [-0.05, 0) is 31.0 Å². The number of ether oxygens (including phenoxy) is 1.